The smallest absolute Gasteiger partial charge is 0.257 e. The number of piperidine rings is 1. The van der Waals surface area contributed by atoms with E-state index in [1.807, 2.05) is 0 Å². The van der Waals surface area contributed by atoms with Gasteiger partial charge in [0.1, 0.15) is 11.9 Å². The number of likely N-dealkylation sites (N-methyl/N-ethyl adjacent to an activating group) is 1. The van der Waals surface area contributed by atoms with Crippen LogP contribution in [0, 0.1) is 29.1 Å². The number of hydrogen-bond donors (Lipinski definition) is 2. The topological polar surface area (TPSA) is 122 Å². The number of anilines is 3. The van der Waals surface area contributed by atoms with Crippen molar-refractivity contribution >= 4 is 45.7 Å². The maximum Gasteiger partial charge on any atom is 0.257 e. The highest BCUT2D eigenvalue weighted by Gasteiger charge is 2.47. The number of nitriles is 1. The van der Waals surface area contributed by atoms with Crippen molar-refractivity contribution in [2.75, 3.05) is 56.8 Å². The fourth-order valence-electron chi connectivity index (χ4n) is 4.88. The summed E-state index contributed by atoms with van der Waals surface area (Å²) in [4.78, 5) is 22.7. The van der Waals surface area contributed by atoms with Crippen LogP contribution in [0.2, 0.25) is 5.02 Å². The minimum atomic E-state index is -2.81. The van der Waals surface area contributed by atoms with Gasteiger partial charge in [-0.15, -0.1) is 0 Å². The third-order valence-electron chi connectivity index (χ3n) is 7.49. The predicted octanol–water partition coefficient (Wildman–Crippen LogP) is 4.78. The van der Waals surface area contributed by atoms with Crippen molar-refractivity contribution in [2.24, 2.45) is 17.8 Å². The average Bonchev–Trinajstić information content (AvgIpc) is 2.94. The molecule has 2 fully saturated rings. The van der Waals surface area contributed by atoms with E-state index in [0.29, 0.717) is 48.0 Å². The Balaban J connectivity index is 1.43. The lowest BCUT2D eigenvalue weighted by Crippen LogP contribution is -2.52. The van der Waals surface area contributed by atoms with Gasteiger partial charge in [-0.1, -0.05) is 25.4 Å². The molecule has 2 aromatic heterocycles. The molecule has 42 heavy (non-hydrogen) atoms. The van der Waals surface area contributed by atoms with E-state index in [0.717, 1.165) is 0 Å². The molecule has 1 amide bonds. The molecule has 0 unspecified atom stereocenters. The summed E-state index contributed by atoms with van der Waals surface area (Å²) in [6, 6.07) is 10.7. The molecular weight excluding hydrogens is 570 g/mol. The molecule has 4 heterocycles. The molecule has 2 aliphatic heterocycles. The van der Waals surface area contributed by atoms with Crippen LogP contribution in [0.4, 0.5) is 26.1 Å². The number of fused-ring (bicyclic) bond motifs is 1. The zero-order chi connectivity index (χ0) is 30.0. The lowest BCUT2D eigenvalue weighted by atomic mass is 9.87. The molecule has 0 radical (unpaired) electrons. The summed E-state index contributed by atoms with van der Waals surface area (Å²) in [7, 11) is 1.52. The van der Waals surface area contributed by atoms with E-state index >= 15 is 0 Å². The standard InChI is InChI=1S/C29H31ClF2N6O4/c1-16-10-38(11-17(2)29(16,31)32)27-20(9-33)7-22(30)26(37-27)35-21-4-5-23-19(6-21)8-24(41-15-25(39)34-3)28(36-23)42-14-18-12-40-13-18/h4-8,16-18H,10-15H2,1-3H3,(H,34,39)(H,35,37)/t16-,17+. The summed E-state index contributed by atoms with van der Waals surface area (Å²) in [6.45, 7) is 4.54. The summed E-state index contributed by atoms with van der Waals surface area (Å²) < 4.78 is 45.8. The van der Waals surface area contributed by atoms with Crippen LogP contribution in [0.15, 0.2) is 30.3 Å². The molecule has 0 bridgehead atoms. The summed E-state index contributed by atoms with van der Waals surface area (Å²) in [5.74, 6) is -3.52. The van der Waals surface area contributed by atoms with Crippen molar-refractivity contribution < 1.29 is 27.8 Å². The molecule has 1 aromatic carbocycles. The lowest BCUT2D eigenvalue weighted by molar-refractivity contribution is -0.122. The number of alkyl halides is 2. The van der Waals surface area contributed by atoms with Crippen molar-refractivity contribution in [1.29, 1.82) is 5.26 Å². The van der Waals surface area contributed by atoms with Gasteiger partial charge in [0.25, 0.3) is 17.7 Å². The number of carbonyl (C=O) groups excluding carboxylic acids is 1. The van der Waals surface area contributed by atoms with Crippen molar-refractivity contribution in [3.05, 3.63) is 40.9 Å². The largest absolute Gasteiger partial charge is 0.478 e. The van der Waals surface area contributed by atoms with Crippen LogP contribution in [-0.2, 0) is 9.53 Å². The summed E-state index contributed by atoms with van der Waals surface area (Å²) in [6.07, 6.45) is 0. The first-order valence-electron chi connectivity index (χ1n) is 13.6. The number of pyridine rings is 2. The highest BCUT2D eigenvalue weighted by Crippen LogP contribution is 2.40. The van der Waals surface area contributed by atoms with Gasteiger partial charge in [0, 0.05) is 49.0 Å². The van der Waals surface area contributed by atoms with Gasteiger partial charge in [-0.2, -0.15) is 5.26 Å². The third-order valence-corrected chi connectivity index (χ3v) is 7.78. The number of amides is 1. The van der Waals surface area contributed by atoms with Crippen molar-refractivity contribution in [1.82, 2.24) is 15.3 Å². The zero-order valence-electron chi connectivity index (χ0n) is 23.4. The van der Waals surface area contributed by atoms with Crippen LogP contribution in [0.25, 0.3) is 10.9 Å². The Morgan fingerprint density at radius 1 is 1.19 bits per heavy atom. The number of nitrogens with zero attached hydrogens (tertiary/aromatic N) is 4. The Kier molecular flexibility index (Phi) is 8.52. The Hall–Kier alpha value is -3.95. The normalized spacial score (nSPS) is 20.0. The molecule has 13 heteroatoms. The van der Waals surface area contributed by atoms with Crippen LogP contribution < -0.4 is 25.0 Å². The number of carbonyl (C=O) groups is 1. The second kappa shape index (κ2) is 12.1. The molecule has 0 spiro atoms. The second-order valence-electron chi connectivity index (χ2n) is 10.7. The van der Waals surface area contributed by atoms with E-state index in [1.54, 1.807) is 29.2 Å². The molecule has 0 aliphatic carbocycles. The highest BCUT2D eigenvalue weighted by molar-refractivity contribution is 6.33. The molecule has 2 N–H and O–H groups in total. The number of halogens is 3. The molecule has 2 atom stereocenters. The van der Waals surface area contributed by atoms with Gasteiger partial charge in [0.2, 0.25) is 0 Å². The fourth-order valence-corrected chi connectivity index (χ4v) is 5.08. The molecule has 5 rings (SSSR count). The second-order valence-corrected chi connectivity index (χ2v) is 11.1. The van der Waals surface area contributed by atoms with Gasteiger partial charge >= 0.3 is 0 Å². The summed E-state index contributed by atoms with van der Waals surface area (Å²) >= 11 is 6.49. The van der Waals surface area contributed by atoms with Gasteiger partial charge in [0.15, 0.2) is 18.2 Å². The first-order chi connectivity index (χ1) is 20.1. The van der Waals surface area contributed by atoms with Gasteiger partial charge in [-0.25, -0.2) is 18.7 Å². The molecule has 2 saturated heterocycles. The SMILES string of the molecule is CNC(=O)COc1cc2cc(Nc3nc(N4C[C@@H](C)C(F)(F)[C@@H](C)C4)c(C#N)cc3Cl)ccc2nc1OCC1COC1. The quantitative estimate of drug-likeness (QED) is 0.357. The van der Waals surface area contributed by atoms with Crippen molar-refractivity contribution in [3.8, 4) is 17.7 Å². The van der Waals surface area contributed by atoms with Gasteiger partial charge < -0.3 is 29.7 Å². The molecule has 3 aromatic rings. The monoisotopic (exact) mass is 600 g/mol. The van der Waals surface area contributed by atoms with Crippen LogP contribution in [0.3, 0.4) is 0 Å². The average molecular weight is 601 g/mol. The van der Waals surface area contributed by atoms with E-state index in [4.69, 9.17) is 25.8 Å². The minimum absolute atomic E-state index is 0.0543. The summed E-state index contributed by atoms with van der Waals surface area (Å²) in [5, 5.41) is 16.3. The van der Waals surface area contributed by atoms with Crippen LogP contribution >= 0.6 is 11.6 Å². The van der Waals surface area contributed by atoms with E-state index in [9.17, 15) is 18.8 Å². The van der Waals surface area contributed by atoms with E-state index in [1.165, 1.54) is 27.0 Å². The number of nitrogens with one attached hydrogen (secondary N) is 2. The maximum atomic E-state index is 14.5. The van der Waals surface area contributed by atoms with Crippen molar-refractivity contribution in [3.63, 3.8) is 0 Å². The molecule has 0 saturated carbocycles. The van der Waals surface area contributed by atoms with Crippen LogP contribution in [0.1, 0.15) is 19.4 Å². The number of benzene rings is 1. The van der Waals surface area contributed by atoms with E-state index < -0.39 is 17.8 Å². The third kappa shape index (κ3) is 6.12. The number of aromatic nitrogens is 2. The minimum Gasteiger partial charge on any atom is -0.478 e. The van der Waals surface area contributed by atoms with E-state index in [2.05, 4.69) is 26.7 Å². The first kappa shape index (κ1) is 29.5. The number of ether oxygens (including phenoxy) is 3. The van der Waals surface area contributed by atoms with Gasteiger partial charge in [0.05, 0.1) is 35.9 Å². The Morgan fingerprint density at radius 2 is 1.93 bits per heavy atom. The molecule has 222 valence electrons. The van der Waals surface area contributed by atoms with Gasteiger partial charge in [-0.05, 0) is 30.3 Å². The lowest BCUT2D eigenvalue weighted by Gasteiger charge is -2.42. The molecular formula is C29H31ClF2N6O4. The number of hydrogen-bond acceptors (Lipinski definition) is 9. The fraction of sp³-hybridized carbons (Fsp3) is 0.448. The number of rotatable bonds is 9. The van der Waals surface area contributed by atoms with Crippen molar-refractivity contribution in [2.45, 2.75) is 19.8 Å². The Morgan fingerprint density at radius 3 is 2.57 bits per heavy atom. The maximum absolute atomic E-state index is 14.5. The zero-order valence-corrected chi connectivity index (χ0v) is 24.2. The predicted molar refractivity (Wildman–Crippen MR) is 154 cm³/mol. The molecule has 2 aliphatic rings. The Labute approximate surface area is 246 Å². The highest BCUT2D eigenvalue weighted by atomic mass is 35.5. The van der Waals surface area contributed by atoms with Crippen LogP contribution in [-0.4, -0.2) is 68.4 Å². The van der Waals surface area contributed by atoms with Gasteiger partial charge in [-0.3, -0.25) is 4.79 Å². The van der Waals surface area contributed by atoms with Crippen LogP contribution in [0.5, 0.6) is 11.6 Å². The Bertz CT molecular complexity index is 1520. The first-order valence-corrected chi connectivity index (χ1v) is 14.0. The summed E-state index contributed by atoms with van der Waals surface area (Å²) in [5.41, 5.74) is 1.44. The molecule has 10 nitrogen and oxygen atoms in total. The van der Waals surface area contributed by atoms with E-state index in [-0.39, 0.29) is 53.8 Å².